The van der Waals surface area contributed by atoms with Gasteiger partial charge in [-0.2, -0.15) is 11.8 Å². The molecule has 1 aliphatic carbocycles. The third-order valence-corrected chi connectivity index (χ3v) is 4.73. The van der Waals surface area contributed by atoms with E-state index >= 15 is 0 Å². The molecule has 4 heteroatoms. The fourth-order valence-electron chi connectivity index (χ4n) is 2.66. The summed E-state index contributed by atoms with van der Waals surface area (Å²) in [5, 5.41) is 0. The first kappa shape index (κ1) is 12.2. The van der Waals surface area contributed by atoms with Crippen LogP contribution < -0.4 is 5.73 Å². The second-order valence-electron chi connectivity index (χ2n) is 4.97. The van der Waals surface area contributed by atoms with Crippen LogP contribution >= 0.6 is 11.8 Å². The van der Waals surface area contributed by atoms with E-state index < -0.39 is 5.54 Å². The van der Waals surface area contributed by atoms with E-state index in [2.05, 4.69) is 0 Å². The van der Waals surface area contributed by atoms with Gasteiger partial charge in [-0.1, -0.05) is 19.3 Å². The molecule has 0 aromatic rings. The Hall–Kier alpha value is -0.220. The summed E-state index contributed by atoms with van der Waals surface area (Å²) >= 11 is 1.95. The highest BCUT2D eigenvalue weighted by Gasteiger charge is 2.38. The van der Waals surface area contributed by atoms with Gasteiger partial charge in [-0.05, 0) is 25.0 Å². The van der Waals surface area contributed by atoms with Gasteiger partial charge in [0.1, 0.15) is 0 Å². The molecule has 2 fully saturated rings. The van der Waals surface area contributed by atoms with E-state index in [1.54, 1.807) is 0 Å². The molecule has 0 radical (unpaired) electrons. The summed E-state index contributed by atoms with van der Waals surface area (Å²) in [5.41, 5.74) is 5.75. The fourth-order valence-corrected chi connectivity index (χ4v) is 3.55. The Kier molecular flexibility index (Phi) is 4.14. The largest absolute Gasteiger partial charge is 0.340 e. The van der Waals surface area contributed by atoms with Crippen molar-refractivity contribution >= 4 is 17.7 Å². The lowest BCUT2D eigenvalue weighted by molar-refractivity contribution is -0.138. The normalized spacial score (nSPS) is 26.2. The smallest absolute Gasteiger partial charge is 0.242 e. The molecule has 0 aromatic heterocycles. The van der Waals surface area contributed by atoms with Crippen LogP contribution in [0.5, 0.6) is 0 Å². The van der Waals surface area contributed by atoms with Crippen molar-refractivity contribution in [2.24, 2.45) is 5.73 Å². The minimum Gasteiger partial charge on any atom is -0.340 e. The van der Waals surface area contributed by atoms with Crippen molar-refractivity contribution in [3.8, 4) is 0 Å². The summed E-state index contributed by atoms with van der Waals surface area (Å²) in [6.45, 7) is 1.80. The second kappa shape index (κ2) is 5.41. The third kappa shape index (κ3) is 2.72. The maximum atomic E-state index is 12.4. The predicted octanol–water partition coefficient (Wildman–Crippen LogP) is 1.61. The van der Waals surface area contributed by atoms with Crippen molar-refractivity contribution in [3.63, 3.8) is 0 Å². The highest BCUT2D eigenvalue weighted by Crippen LogP contribution is 2.28. The molecule has 1 heterocycles. The number of carbonyl (C=O) groups is 1. The lowest BCUT2D eigenvalue weighted by atomic mass is 9.81. The molecule has 2 rings (SSSR count). The van der Waals surface area contributed by atoms with E-state index in [0.717, 1.165) is 50.9 Å². The summed E-state index contributed by atoms with van der Waals surface area (Å²) in [4.78, 5) is 14.4. The monoisotopic (exact) mass is 242 g/mol. The number of thioether (sulfide) groups is 1. The minimum atomic E-state index is -0.534. The van der Waals surface area contributed by atoms with Gasteiger partial charge in [0.2, 0.25) is 5.91 Å². The first-order chi connectivity index (χ1) is 7.72. The van der Waals surface area contributed by atoms with E-state index in [0.29, 0.717) is 0 Å². The molecule has 0 aromatic carbocycles. The summed E-state index contributed by atoms with van der Waals surface area (Å²) in [7, 11) is 0. The quantitative estimate of drug-likeness (QED) is 0.760. The van der Waals surface area contributed by atoms with Gasteiger partial charge in [0.05, 0.1) is 5.54 Å². The molecule has 92 valence electrons. The predicted molar refractivity (Wildman–Crippen MR) is 68.5 cm³/mol. The van der Waals surface area contributed by atoms with E-state index in [9.17, 15) is 4.79 Å². The van der Waals surface area contributed by atoms with Crippen LogP contribution in [0.3, 0.4) is 0 Å². The number of hydrogen-bond acceptors (Lipinski definition) is 3. The topological polar surface area (TPSA) is 46.3 Å². The molecule has 2 aliphatic rings. The van der Waals surface area contributed by atoms with Crippen LogP contribution in [0, 0.1) is 0 Å². The number of carbonyl (C=O) groups excluding carboxylic acids is 1. The minimum absolute atomic E-state index is 0.217. The van der Waals surface area contributed by atoms with Crippen molar-refractivity contribution in [2.45, 2.75) is 44.1 Å². The van der Waals surface area contributed by atoms with Crippen LogP contribution in [-0.4, -0.2) is 40.9 Å². The van der Waals surface area contributed by atoms with Crippen LogP contribution in [0.4, 0.5) is 0 Å². The SMILES string of the molecule is NC1(C(=O)N2CCCSCC2)CCCCC1. The van der Waals surface area contributed by atoms with E-state index in [-0.39, 0.29) is 5.91 Å². The van der Waals surface area contributed by atoms with E-state index in [1.807, 2.05) is 16.7 Å². The Morgan fingerprint density at radius 3 is 2.56 bits per heavy atom. The molecule has 1 aliphatic heterocycles. The Labute approximate surface area is 102 Å². The average Bonchev–Trinajstić information content (AvgIpc) is 2.57. The van der Waals surface area contributed by atoms with Gasteiger partial charge in [-0.3, -0.25) is 4.79 Å². The molecule has 1 saturated heterocycles. The van der Waals surface area contributed by atoms with Crippen molar-refractivity contribution in [3.05, 3.63) is 0 Å². The van der Waals surface area contributed by atoms with Crippen LogP contribution in [0.15, 0.2) is 0 Å². The highest BCUT2D eigenvalue weighted by molar-refractivity contribution is 7.99. The lowest BCUT2D eigenvalue weighted by Crippen LogP contribution is -2.56. The molecule has 0 unspecified atom stereocenters. The van der Waals surface area contributed by atoms with Gasteiger partial charge >= 0.3 is 0 Å². The van der Waals surface area contributed by atoms with E-state index in [1.165, 1.54) is 12.2 Å². The van der Waals surface area contributed by atoms with Gasteiger partial charge in [0.15, 0.2) is 0 Å². The first-order valence-corrected chi connectivity index (χ1v) is 7.54. The standard InChI is InChI=1S/C12H22N2OS/c13-12(5-2-1-3-6-12)11(15)14-7-4-9-16-10-8-14/h1-10,13H2. The van der Waals surface area contributed by atoms with Gasteiger partial charge in [-0.15, -0.1) is 0 Å². The third-order valence-electron chi connectivity index (χ3n) is 3.68. The number of amides is 1. The van der Waals surface area contributed by atoms with Crippen LogP contribution in [0.25, 0.3) is 0 Å². The molecule has 1 amide bonds. The van der Waals surface area contributed by atoms with Crippen molar-refractivity contribution < 1.29 is 4.79 Å². The van der Waals surface area contributed by atoms with Crippen molar-refractivity contribution in [2.75, 3.05) is 24.6 Å². The van der Waals surface area contributed by atoms with Crippen molar-refractivity contribution in [1.29, 1.82) is 0 Å². The maximum absolute atomic E-state index is 12.4. The summed E-state index contributed by atoms with van der Waals surface area (Å²) in [6.07, 6.45) is 6.36. The molecule has 0 bridgehead atoms. The molecule has 16 heavy (non-hydrogen) atoms. The van der Waals surface area contributed by atoms with E-state index in [4.69, 9.17) is 5.73 Å². The molecule has 2 N–H and O–H groups in total. The fraction of sp³-hybridized carbons (Fsp3) is 0.917. The summed E-state index contributed by atoms with van der Waals surface area (Å²) in [6, 6.07) is 0. The van der Waals surface area contributed by atoms with Gasteiger partial charge < -0.3 is 10.6 Å². The van der Waals surface area contributed by atoms with Gasteiger partial charge in [0.25, 0.3) is 0 Å². The Balaban J connectivity index is 1.98. The zero-order valence-electron chi connectivity index (χ0n) is 9.91. The van der Waals surface area contributed by atoms with Gasteiger partial charge in [-0.25, -0.2) is 0 Å². The maximum Gasteiger partial charge on any atom is 0.242 e. The number of nitrogens with two attached hydrogens (primary N) is 1. The molecular formula is C12H22N2OS. The number of nitrogens with zero attached hydrogens (tertiary/aromatic N) is 1. The zero-order chi connectivity index (χ0) is 11.4. The summed E-state index contributed by atoms with van der Waals surface area (Å²) < 4.78 is 0. The molecule has 0 spiro atoms. The number of rotatable bonds is 1. The number of hydrogen-bond donors (Lipinski definition) is 1. The molecule has 1 saturated carbocycles. The summed E-state index contributed by atoms with van der Waals surface area (Å²) in [5.74, 6) is 2.47. The van der Waals surface area contributed by atoms with Crippen LogP contribution in [0.2, 0.25) is 0 Å². The van der Waals surface area contributed by atoms with Crippen LogP contribution in [0.1, 0.15) is 38.5 Å². The molecule has 3 nitrogen and oxygen atoms in total. The zero-order valence-corrected chi connectivity index (χ0v) is 10.7. The molecular weight excluding hydrogens is 220 g/mol. The molecule has 0 atom stereocenters. The Morgan fingerprint density at radius 1 is 1.06 bits per heavy atom. The Morgan fingerprint density at radius 2 is 1.81 bits per heavy atom. The van der Waals surface area contributed by atoms with Crippen LogP contribution in [-0.2, 0) is 4.79 Å². The average molecular weight is 242 g/mol. The lowest BCUT2D eigenvalue weighted by Gasteiger charge is -2.36. The van der Waals surface area contributed by atoms with Crippen molar-refractivity contribution in [1.82, 2.24) is 4.90 Å². The first-order valence-electron chi connectivity index (χ1n) is 6.38. The second-order valence-corrected chi connectivity index (χ2v) is 6.20. The van der Waals surface area contributed by atoms with Gasteiger partial charge in [0, 0.05) is 18.8 Å². The Bertz CT molecular complexity index is 243. The highest BCUT2D eigenvalue weighted by atomic mass is 32.2.